The number of carbonyl (C=O) groups excluding carboxylic acids is 1. The topological polar surface area (TPSA) is 125 Å². The Kier molecular flexibility index (Phi) is 5.93. The molecule has 0 bridgehead atoms. The Balaban J connectivity index is 2.08. The zero-order chi connectivity index (χ0) is 18.4. The Morgan fingerprint density at radius 3 is 2.16 bits per heavy atom. The van der Waals surface area contributed by atoms with Crippen LogP contribution in [0, 0.1) is 11.3 Å². The van der Waals surface area contributed by atoms with Crippen LogP contribution < -0.4 is 15.8 Å². The number of hydrogen-bond acceptors (Lipinski definition) is 5. The summed E-state index contributed by atoms with van der Waals surface area (Å²) in [7, 11) is -3.77. The van der Waals surface area contributed by atoms with Crippen LogP contribution in [0.4, 0.5) is 11.4 Å². The van der Waals surface area contributed by atoms with Crippen LogP contribution in [0.25, 0.3) is 0 Å². The molecule has 0 unspecified atom stereocenters. The molecule has 0 spiro atoms. The van der Waals surface area contributed by atoms with Gasteiger partial charge in [-0.3, -0.25) is 4.79 Å². The Morgan fingerprint density at radius 2 is 1.64 bits per heavy atom. The lowest BCUT2D eigenvalue weighted by Crippen LogP contribution is -2.14. The van der Waals surface area contributed by atoms with Crippen LogP contribution in [0.15, 0.2) is 69.7 Å². The molecular weight excluding hydrogens is 408 g/mol. The molecule has 1 amide bonds. The number of primary sulfonamides is 1. The highest BCUT2D eigenvalue weighted by Crippen LogP contribution is 2.16. The van der Waals surface area contributed by atoms with Gasteiger partial charge in [0.25, 0.3) is 5.91 Å². The number of halogens is 1. The smallest absolute Gasteiger partial charge is 0.267 e. The number of hydrogen-bond donors (Lipinski definition) is 3. The van der Waals surface area contributed by atoms with Gasteiger partial charge in [0.1, 0.15) is 11.6 Å². The quantitative estimate of drug-likeness (QED) is 0.506. The molecule has 9 heteroatoms. The van der Waals surface area contributed by atoms with Gasteiger partial charge in [0.05, 0.1) is 4.90 Å². The summed E-state index contributed by atoms with van der Waals surface area (Å²) in [5.74, 6) is -0.571. The van der Waals surface area contributed by atoms with Crippen LogP contribution >= 0.6 is 15.9 Å². The van der Waals surface area contributed by atoms with E-state index in [2.05, 4.69) is 26.6 Å². The van der Waals surface area contributed by atoms with Crippen molar-refractivity contribution >= 4 is 43.2 Å². The fourth-order valence-corrected chi connectivity index (χ4v) is 2.56. The number of anilines is 2. The van der Waals surface area contributed by atoms with Crippen molar-refractivity contribution in [2.45, 2.75) is 4.90 Å². The summed E-state index contributed by atoms with van der Waals surface area (Å²) in [6.07, 6.45) is 1.24. The van der Waals surface area contributed by atoms with Crippen molar-refractivity contribution < 1.29 is 13.2 Å². The van der Waals surface area contributed by atoms with Gasteiger partial charge in [0.2, 0.25) is 10.0 Å². The second-order valence-corrected chi connectivity index (χ2v) is 7.32. The lowest BCUT2D eigenvalue weighted by atomic mass is 10.2. The van der Waals surface area contributed by atoms with Gasteiger partial charge in [0.15, 0.2) is 0 Å². The first-order valence-corrected chi connectivity index (χ1v) is 9.20. The number of nitrogens with zero attached hydrogens (tertiary/aromatic N) is 1. The van der Waals surface area contributed by atoms with Crippen molar-refractivity contribution in [3.63, 3.8) is 0 Å². The lowest BCUT2D eigenvalue weighted by molar-refractivity contribution is -0.112. The van der Waals surface area contributed by atoms with Crippen LogP contribution in [-0.2, 0) is 14.8 Å². The van der Waals surface area contributed by atoms with E-state index in [0.29, 0.717) is 11.4 Å². The highest BCUT2D eigenvalue weighted by atomic mass is 79.9. The van der Waals surface area contributed by atoms with Crippen LogP contribution in [-0.4, -0.2) is 14.3 Å². The van der Waals surface area contributed by atoms with E-state index >= 15 is 0 Å². The Bertz CT molecular complexity index is 946. The predicted octanol–water partition coefficient (Wildman–Crippen LogP) is 2.55. The third kappa shape index (κ3) is 5.42. The fourth-order valence-electron chi connectivity index (χ4n) is 1.78. The molecule has 0 aromatic heterocycles. The van der Waals surface area contributed by atoms with Crippen molar-refractivity contribution in [1.82, 2.24) is 0 Å². The van der Waals surface area contributed by atoms with E-state index < -0.39 is 15.9 Å². The largest absolute Gasteiger partial charge is 0.360 e. The van der Waals surface area contributed by atoms with Gasteiger partial charge in [-0.05, 0) is 48.5 Å². The summed E-state index contributed by atoms with van der Waals surface area (Å²) in [5.41, 5.74) is 0.905. The van der Waals surface area contributed by atoms with Crippen LogP contribution in [0.1, 0.15) is 0 Å². The highest BCUT2D eigenvalue weighted by molar-refractivity contribution is 9.10. The van der Waals surface area contributed by atoms with Crippen molar-refractivity contribution in [3.05, 3.63) is 64.8 Å². The van der Waals surface area contributed by atoms with E-state index in [0.717, 1.165) is 4.47 Å². The van der Waals surface area contributed by atoms with E-state index in [1.165, 1.54) is 30.5 Å². The van der Waals surface area contributed by atoms with Gasteiger partial charge in [-0.25, -0.2) is 13.6 Å². The van der Waals surface area contributed by atoms with Crippen LogP contribution in [0.3, 0.4) is 0 Å². The average molecular weight is 421 g/mol. The summed E-state index contributed by atoms with van der Waals surface area (Å²) in [6, 6.07) is 14.3. The monoisotopic (exact) mass is 420 g/mol. The zero-order valence-corrected chi connectivity index (χ0v) is 15.1. The molecule has 7 nitrogen and oxygen atoms in total. The Morgan fingerprint density at radius 1 is 1.08 bits per heavy atom. The number of carbonyl (C=O) groups is 1. The second kappa shape index (κ2) is 7.94. The summed E-state index contributed by atoms with van der Waals surface area (Å²) in [5, 5.41) is 19.5. The number of rotatable bonds is 5. The fraction of sp³-hybridized carbons (Fsp3) is 0. The Hall–Kier alpha value is -2.67. The molecule has 128 valence electrons. The standard InChI is InChI=1S/C16H13BrN4O3S/c17-12-1-3-14(4-2-12)21-16(22)11(9-18)10-20-13-5-7-15(8-6-13)25(19,23)24/h1-8,10,20H,(H,21,22)(H2,19,23,24)/b11-10-. The van der Waals surface area contributed by atoms with Crippen molar-refractivity contribution in [1.29, 1.82) is 5.26 Å². The minimum atomic E-state index is -3.77. The van der Waals surface area contributed by atoms with E-state index in [1.54, 1.807) is 30.3 Å². The zero-order valence-electron chi connectivity index (χ0n) is 12.7. The molecule has 2 aromatic carbocycles. The molecule has 0 atom stereocenters. The van der Waals surface area contributed by atoms with E-state index in [-0.39, 0.29) is 10.5 Å². The summed E-state index contributed by atoms with van der Waals surface area (Å²) >= 11 is 3.29. The van der Waals surface area contributed by atoms with Crippen molar-refractivity contribution in [3.8, 4) is 6.07 Å². The number of nitrogens with two attached hydrogens (primary N) is 1. The maximum atomic E-state index is 12.1. The number of nitriles is 1. The first-order chi connectivity index (χ1) is 11.8. The van der Waals surface area contributed by atoms with Gasteiger partial charge < -0.3 is 10.6 Å². The van der Waals surface area contributed by atoms with Crippen molar-refractivity contribution in [2.75, 3.05) is 10.6 Å². The van der Waals surface area contributed by atoms with Gasteiger partial charge in [-0.2, -0.15) is 5.26 Å². The molecule has 0 radical (unpaired) electrons. The normalized spacial score (nSPS) is 11.5. The molecule has 0 aliphatic heterocycles. The molecule has 2 rings (SSSR count). The van der Waals surface area contributed by atoms with Crippen LogP contribution in [0.5, 0.6) is 0 Å². The number of amides is 1. The third-order valence-corrected chi connectivity index (χ3v) is 4.49. The van der Waals surface area contributed by atoms with Crippen molar-refractivity contribution in [2.24, 2.45) is 5.14 Å². The molecule has 4 N–H and O–H groups in total. The first-order valence-electron chi connectivity index (χ1n) is 6.86. The Labute approximate surface area is 153 Å². The van der Waals surface area contributed by atoms with Crippen LogP contribution in [0.2, 0.25) is 0 Å². The summed E-state index contributed by atoms with van der Waals surface area (Å²) < 4.78 is 23.2. The number of benzene rings is 2. The maximum Gasteiger partial charge on any atom is 0.267 e. The molecule has 0 saturated heterocycles. The third-order valence-electron chi connectivity index (χ3n) is 3.03. The highest BCUT2D eigenvalue weighted by Gasteiger charge is 2.10. The molecule has 0 saturated carbocycles. The van der Waals surface area contributed by atoms with Gasteiger partial charge in [0, 0.05) is 22.0 Å². The van der Waals surface area contributed by atoms with E-state index in [4.69, 9.17) is 10.4 Å². The molecule has 0 fully saturated rings. The molecule has 0 aliphatic rings. The summed E-state index contributed by atoms with van der Waals surface area (Å²) in [4.78, 5) is 12.1. The number of sulfonamides is 1. The summed E-state index contributed by atoms with van der Waals surface area (Å²) in [6.45, 7) is 0. The van der Waals surface area contributed by atoms with Gasteiger partial charge >= 0.3 is 0 Å². The lowest BCUT2D eigenvalue weighted by Gasteiger charge is -2.06. The second-order valence-electron chi connectivity index (χ2n) is 4.84. The molecular formula is C16H13BrN4O3S. The van der Waals surface area contributed by atoms with E-state index in [1.807, 2.05) is 0 Å². The minimum absolute atomic E-state index is 0.0319. The number of nitrogens with one attached hydrogen (secondary N) is 2. The molecule has 0 aliphatic carbocycles. The van der Waals surface area contributed by atoms with Gasteiger partial charge in [-0.15, -0.1) is 0 Å². The van der Waals surface area contributed by atoms with Gasteiger partial charge in [-0.1, -0.05) is 15.9 Å². The SMILES string of the molecule is N#C/C(=C/Nc1ccc(S(N)(=O)=O)cc1)C(=O)Nc1ccc(Br)cc1. The molecule has 25 heavy (non-hydrogen) atoms. The predicted molar refractivity (Wildman–Crippen MR) is 97.9 cm³/mol. The average Bonchev–Trinajstić information content (AvgIpc) is 2.57. The maximum absolute atomic E-state index is 12.1. The molecule has 2 aromatic rings. The first kappa shape index (κ1) is 18.7. The van der Waals surface area contributed by atoms with E-state index in [9.17, 15) is 13.2 Å². The molecule has 0 heterocycles. The minimum Gasteiger partial charge on any atom is -0.360 e.